The van der Waals surface area contributed by atoms with Gasteiger partial charge >= 0.3 is 0 Å². The molecule has 0 spiro atoms. The van der Waals surface area contributed by atoms with Crippen molar-refractivity contribution in [2.45, 2.75) is 13.2 Å². The summed E-state index contributed by atoms with van der Waals surface area (Å²) in [7, 11) is 0. The molecule has 0 unspecified atom stereocenters. The Labute approximate surface area is 268 Å². The van der Waals surface area contributed by atoms with E-state index in [9.17, 15) is 10.1 Å². The lowest BCUT2D eigenvalue weighted by Crippen LogP contribution is -2.13. The molecule has 0 aliphatic rings. The van der Waals surface area contributed by atoms with E-state index in [1.807, 2.05) is 36.4 Å². The number of ether oxygens (including phenoxy) is 2. The van der Waals surface area contributed by atoms with E-state index in [-0.39, 0.29) is 18.8 Å². The van der Waals surface area contributed by atoms with Gasteiger partial charge in [0.2, 0.25) is 0 Å². The summed E-state index contributed by atoms with van der Waals surface area (Å²) >= 11 is 24.5. The fraction of sp³-hybridized carbons (Fsp3) is 0.0588. The molecule has 5 nitrogen and oxygen atoms in total. The third-order valence-corrected chi connectivity index (χ3v) is 7.68. The number of nitrogens with one attached hydrogen (secondary N) is 1. The Morgan fingerprint density at radius 2 is 1.40 bits per heavy atom. The number of rotatable bonds is 9. The highest BCUT2D eigenvalue weighted by molar-refractivity contribution is 6.35. The first-order chi connectivity index (χ1) is 20.8. The molecule has 0 aliphatic carbocycles. The third kappa shape index (κ3) is 7.62. The highest BCUT2D eigenvalue weighted by Crippen LogP contribution is 2.32. The predicted molar refractivity (Wildman–Crippen MR) is 174 cm³/mol. The number of hydrogen-bond acceptors (Lipinski definition) is 4. The summed E-state index contributed by atoms with van der Waals surface area (Å²) in [6.07, 6.45) is 1.53. The Balaban J connectivity index is 1.34. The lowest BCUT2D eigenvalue weighted by Gasteiger charge is -2.14. The van der Waals surface area contributed by atoms with Crippen LogP contribution in [0, 0.1) is 11.3 Å². The van der Waals surface area contributed by atoms with E-state index in [2.05, 4.69) is 5.32 Å². The zero-order chi connectivity index (χ0) is 30.3. The molecule has 0 radical (unpaired) electrons. The minimum Gasteiger partial charge on any atom is -0.489 e. The van der Waals surface area contributed by atoms with Crippen LogP contribution in [0.25, 0.3) is 16.8 Å². The minimum atomic E-state index is -0.566. The normalized spacial score (nSPS) is 11.2. The van der Waals surface area contributed by atoms with Crippen molar-refractivity contribution in [3.63, 3.8) is 0 Å². The molecule has 5 rings (SSSR count). The lowest BCUT2D eigenvalue weighted by atomic mass is 10.0. The van der Waals surface area contributed by atoms with Gasteiger partial charge < -0.3 is 14.8 Å². The molecule has 0 aliphatic heterocycles. The van der Waals surface area contributed by atoms with Gasteiger partial charge in [0.15, 0.2) is 0 Å². The van der Waals surface area contributed by atoms with Crippen LogP contribution < -0.4 is 14.8 Å². The summed E-state index contributed by atoms with van der Waals surface area (Å²) in [6.45, 7) is 0.421. The van der Waals surface area contributed by atoms with Crippen molar-refractivity contribution >= 4 is 74.8 Å². The Morgan fingerprint density at radius 1 is 0.767 bits per heavy atom. The third-order valence-electron chi connectivity index (χ3n) is 6.50. The standard InChI is InChI=1S/C34H22Cl4N2O3/c35-25-8-5-22(31(37)16-25)19-42-28-12-10-27(11-13-28)40-34(41)24(18-39)15-30-29-4-2-1-3-21(29)7-14-33(30)43-20-23-6-9-26(36)17-32(23)38/h1-17H,19-20H2,(H,40,41)/b24-15+. The summed E-state index contributed by atoms with van der Waals surface area (Å²) in [6, 6.07) is 30.6. The van der Waals surface area contributed by atoms with E-state index >= 15 is 0 Å². The second kappa shape index (κ2) is 13.9. The highest BCUT2D eigenvalue weighted by atomic mass is 35.5. The Bertz CT molecular complexity index is 1880. The molecule has 0 atom stereocenters. The monoisotopic (exact) mass is 646 g/mol. The van der Waals surface area contributed by atoms with E-state index in [4.69, 9.17) is 55.9 Å². The molecule has 5 aromatic rings. The maximum absolute atomic E-state index is 13.2. The number of carbonyl (C=O) groups is 1. The minimum absolute atomic E-state index is 0.0940. The molecule has 5 aromatic carbocycles. The van der Waals surface area contributed by atoms with E-state index in [1.165, 1.54) is 6.08 Å². The summed E-state index contributed by atoms with van der Waals surface area (Å²) in [4.78, 5) is 13.2. The SMILES string of the molecule is N#C/C(=C\c1c(OCc2ccc(Cl)cc2Cl)ccc2ccccc12)C(=O)Nc1ccc(OCc2ccc(Cl)cc2Cl)cc1. The number of anilines is 1. The molecule has 43 heavy (non-hydrogen) atoms. The first-order valence-electron chi connectivity index (χ1n) is 13.0. The predicted octanol–water partition coefficient (Wildman–Crippen LogP) is 10.2. The van der Waals surface area contributed by atoms with Crippen LogP contribution in [0.1, 0.15) is 16.7 Å². The van der Waals surface area contributed by atoms with Gasteiger partial charge in [-0.15, -0.1) is 0 Å². The molecule has 214 valence electrons. The maximum atomic E-state index is 13.2. The van der Waals surface area contributed by atoms with Crippen molar-refractivity contribution in [2.75, 3.05) is 5.32 Å². The molecular formula is C34H22Cl4N2O3. The van der Waals surface area contributed by atoms with Crippen LogP contribution in [0.3, 0.4) is 0 Å². The number of amides is 1. The van der Waals surface area contributed by atoms with E-state index in [1.54, 1.807) is 66.7 Å². The Morgan fingerprint density at radius 3 is 2.02 bits per heavy atom. The molecule has 1 N–H and O–H groups in total. The number of benzene rings is 5. The molecule has 0 saturated heterocycles. The van der Waals surface area contributed by atoms with E-state index in [0.29, 0.717) is 42.8 Å². The number of halogens is 4. The smallest absolute Gasteiger partial charge is 0.266 e. The largest absolute Gasteiger partial charge is 0.489 e. The van der Waals surface area contributed by atoms with Crippen LogP contribution in [-0.4, -0.2) is 5.91 Å². The average molecular weight is 648 g/mol. The second-order valence-electron chi connectivity index (χ2n) is 9.40. The summed E-state index contributed by atoms with van der Waals surface area (Å²) in [5.74, 6) is 0.509. The number of carbonyl (C=O) groups excluding carboxylic acids is 1. The average Bonchev–Trinajstić information content (AvgIpc) is 3.00. The van der Waals surface area contributed by atoms with Crippen LogP contribution in [0.4, 0.5) is 5.69 Å². The summed E-state index contributed by atoms with van der Waals surface area (Å²) < 4.78 is 11.9. The van der Waals surface area contributed by atoms with Gasteiger partial charge in [0.25, 0.3) is 5.91 Å². The van der Waals surface area contributed by atoms with Gasteiger partial charge in [0.1, 0.15) is 36.4 Å². The first-order valence-corrected chi connectivity index (χ1v) is 14.5. The Hall–Kier alpha value is -4.18. The van der Waals surface area contributed by atoms with Gasteiger partial charge in [-0.05, 0) is 71.4 Å². The van der Waals surface area contributed by atoms with Crippen molar-refractivity contribution in [2.24, 2.45) is 0 Å². The zero-order valence-electron chi connectivity index (χ0n) is 22.4. The fourth-order valence-corrected chi connectivity index (χ4v) is 5.20. The number of nitrogens with zero attached hydrogens (tertiary/aromatic N) is 1. The zero-order valence-corrected chi connectivity index (χ0v) is 25.4. The van der Waals surface area contributed by atoms with Crippen molar-refractivity contribution in [1.82, 2.24) is 0 Å². The molecule has 0 aromatic heterocycles. The molecule has 0 saturated carbocycles. The number of nitriles is 1. The van der Waals surface area contributed by atoms with Gasteiger partial charge in [-0.1, -0.05) is 88.9 Å². The maximum Gasteiger partial charge on any atom is 0.266 e. The highest BCUT2D eigenvalue weighted by Gasteiger charge is 2.15. The quantitative estimate of drug-likeness (QED) is 0.128. The molecule has 9 heteroatoms. The molecule has 0 fully saturated rings. The fourth-order valence-electron chi connectivity index (χ4n) is 4.27. The topological polar surface area (TPSA) is 71.3 Å². The van der Waals surface area contributed by atoms with Crippen LogP contribution in [0.15, 0.2) is 103 Å². The van der Waals surface area contributed by atoms with E-state index in [0.717, 1.165) is 21.9 Å². The van der Waals surface area contributed by atoms with Gasteiger partial charge in [-0.25, -0.2) is 0 Å². The van der Waals surface area contributed by atoms with Crippen LogP contribution in [0.5, 0.6) is 11.5 Å². The van der Waals surface area contributed by atoms with Crippen LogP contribution in [-0.2, 0) is 18.0 Å². The molecule has 0 bridgehead atoms. The molecule has 1 amide bonds. The van der Waals surface area contributed by atoms with Gasteiger partial charge in [-0.3, -0.25) is 4.79 Å². The molecular weight excluding hydrogens is 626 g/mol. The van der Waals surface area contributed by atoms with Gasteiger partial charge in [0, 0.05) is 42.5 Å². The summed E-state index contributed by atoms with van der Waals surface area (Å²) in [5, 5.41) is 16.5. The Kier molecular flexibility index (Phi) is 9.76. The number of fused-ring (bicyclic) bond motifs is 1. The van der Waals surface area contributed by atoms with Crippen molar-refractivity contribution in [3.8, 4) is 17.6 Å². The number of hydrogen-bond donors (Lipinski definition) is 1. The van der Waals surface area contributed by atoms with Crippen molar-refractivity contribution in [1.29, 1.82) is 5.26 Å². The lowest BCUT2D eigenvalue weighted by molar-refractivity contribution is -0.112. The first kappa shape index (κ1) is 30.3. The van der Waals surface area contributed by atoms with Gasteiger partial charge in [-0.2, -0.15) is 5.26 Å². The van der Waals surface area contributed by atoms with Gasteiger partial charge in [0.05, 0.1) is 0 Å². The van der Waals surface area contributed by atoms with Crippen LogP contribution in [0.2, 0.25) is 20.1 Å². The van der Waals surface area contributed by atoms with E-state index < -0.39 is 5.91 Å². The van der Waals surface area contributed by atoms with Crippen LogP contribution >= 0.6 is 46.4 Å². The van der Waals surface area contributed by atoms with Crippen molar-refractivity contribution in [3.05, 3.63) is 139 Å². The molecule has 0 heterocycles. The van der Waals surface area contributed by atoms with Crippen molar-refractivity contribution < 1.29 is 14.3 Å². The summed E-state index contributed by atoms with van der Waals surface area (Å²) in [5.41, 5.74) is 2.54. The second-order valence-corrected chi connectivity index (χ2v) is 11.1.